The van der Waals surface area contributed by atoms with Crippen molar-refractivity contribution in [1.82, 2.24) is 5.32 Å². The second-order valence-corrected chi connectivity index (χ2v) is 8.14. The molecule has 0 unspecified atom stereocenters. The minimum atomic E-state index is -1.25. The molecule has 2 rings (SSSR count). The second-order valence-electron chi connectivity index (χ2n) is 4.91. The summed E-state index contributed by atoms with van der Waals surface area (Å²) in [7, 11) is -1.25. The zero-order chi connectivity index (χ0) is 15.9. The highest BCUT2D eigenvalue weighted by atomic mass is 35.5. The normalized spacial score (nSPS) is 13.5. The molecule has 0 spiro atoms. The van der Waals surface area contributed by atoms with Crippen LogP contribution >= 0.6 is 22.9 Å². The molecule has 1 aromatic heterocycles. The van der Waals surface area contributed by atoms with Gasteiger partial charge >= 0.3 is 0 Å². The van der Waals surface area contributed by atoms with Crippen LogP contribution in [-0.2, 0) is 27.8 Å². The molecule has 0 aliphatic rings. The van der Waals surface area contributed by atoms with E-state index in [1.165, 1.54) is 4.88 Å². The van der Waals surface area contributed by atoms with E-state index in [1.54, 1.807) is 30.4 Å². The molecule has 2 atom stereocenters. The number of halogens is 1. The van der Waals surface area contributed by atoms with Crippen molar-refractivity contribution in [3.05, 3.63) is 57.2 Å². The lowest BCUT2D eigenvalue weighted by molar-refractivity contribution is -0.120. The van der Waals surface area contributed by atoms with Crippen LogP contribution in [0.2, 0.25) is 5.02 Å². The Morgan fingerprint density at radius 3 is 2.68 bits per heavy atom. The summed E-state index contributed by atoms with van der Waals surface area (Å²) in [6, 6.07) is 11.2. The van der Waals surface area contributed by atoms with Crippen molar-refractivity contribution >= 4 is 39.6 Å². The van der Waals surface area contributed by atoms with Crippen molar-refractivity contribution in [3.63, 3.8) is 0 Å². The molecule has 1 aromatic carbocycles. The molecule has 0 bridgehead atoms. The smallest absolute Gasteiger partial charge is 0.235 e. The molecule has 1 heterocycles. The zero-order valence-corrected chi connectivity index (χ0v) is 14.6. The highest BCUT2D eigenvalue weighted by molar-refractivity contribution is 7.85. The van der Waals surface area contributed by atoms with Gasteiger partial charge in [-0.2, -0.15) is 0 Å². The Hall–Kier alpha value is -1.17. The lowest BCUT2D eigenvalue weighted by Crippen LogP contribution is -2.36. The average molecular weight is 356 g/mol. The molecule has 118 valence electrons. The number of nitrogens with one attached hydrogen (secondary N) is 1. The van der Waals surface area contributed by atoms with Gasteiger partial charge in [-0.1, -0.05) is 29.8 Å². The van der Waals surface area contributed by atoms with E-state index in [0.29, 0.717) is 17.3 Å². The predicted molar refractivity (Wildman–Crippen MR) is 93.8 cm³/mol. The van der Waals surface area contributed by atoms with E-state index in [4.69, 9.17) is 11.6 Å². The van der Waals surface area contributed by atoms with Crippen molar-refractivity contribution in [3.8, 4) is 0 Å². The molecule has 1 N–H and O–H groups in total. The van der Waals surface area contributed by atoms with Crippen LogP contribution in [0.4, 0.5) is 0 Å². The number of benzene rings is 1. The van der Waals surface area contributed by atoms with Gasteiger partial charge in [-0.25, -0.2) is 0 Å². The second kappa shape index (κ2) is 8.46. The van der Waals surface area contributed by atoms with E-state index in [1.807, 2.05) is 29.6 Å². The van der Waals surface area contributed by atoms with Crippen LogP contribution in [-0.4, -0.2) is 21.9 Å². The molecule has 0 saturated carbocycles. The fourth-order valence-electron chi connectivity index (χ4n) is 1.90. The maximum atomic E-state index is 12.2. The van der Waals surface area contributed by atoms with Gasteiger partial charge in [0, 0.05) is 33.0 Å². The zero-order valence-electron chi connectivity index (χ0n) is 12.3. The van der Waals surface area contributed by atoms with Gasteiger partial charge in [0.05, 0.1) is 0 Å². The molecule has 22 heavy (non-hydrogen) atoms. The van der Waals surface area contributed by atoms with Gasteiger partial charge in [-0.3, -0.25) is 9.00 Å². The van der Waals surface area contributed by atoms with Crippen molar-refractivity contribution < 1.29 is 9.00 Å². The number of amides is 1. The lowest BCUT2D eigenvalue weighted by Gasteiger charge is -2.12. The number of rotatable bonds is 7. The fourth-order valence-corrected chi connectivity index (χ4v) is 3.82. The standard InChI is InChI=1S/C16H18ClNO2S2/c1-12(16(19)18-9-8-15-3-2-10-21-15)22(20)11-13-4-6-14(17)7-5-13/h2-7,10,12H,8-9,11H2,1H3,(H,18,19)/t12-,22-/m0/s1. The van der Waals surface area contributed by atoms with Crippen molar-refractivity contribution in [1.29, 1.82) is 0 Å². The molecule has 0 saturated heterocycles. The third kappa shape index (κ3) is 5.23. The van der Waals surface area contributed by atoms with E-state index in [2.05, 4.69) is 5.32 Å². The molecular weight excluding hydrogens is 338 g/mol. The SMILES string of the molecule is C[C@@H](C(=O)NCCc1cccs1)[S@@](=O)Cc1ccc(Cl)cc1. The van der Waals surface area contributed by atoms with E-state index in [0.717, 1.165) is 12.0 Å². The Kier molecular flexibility index (Phi) is 6.61. The van der Waals surface area contributed by atoms with Crippen LogP contribution in [0.1, 0.15) is 17.4 Å². The molecule has 6 heteroatoms. The van der Waals surface area contributed by atoms with Gasteiger partial charge in [0.1, 0.15) is 5.25 Å². The van der Waals surface area contributed by atoms with Crippen LogP contribution in [0.15, 0.2) is 41.8 Å². The van der Waals surface area contributed by atoms with Crippen LogP contribution in [0.5, 0.6) is 0 Å². The topological polar surface area (TPSA) is 46.2 Å². The Labute approximate surface area is 142 Å². The largest absolute Gasteiger partial charge is 0.355 e. The summed E-state index contributed by atoms with van der Waals surface area (Å²) in [5, 5.41) is 4.98. The highest BCUT2D eigenvalue weighted by Gasteiger charge is 2.19. The van der Waals surface area contributed by atoms with Crippen LogP contribution in [0, 0.1) is 0 Å². The van der Waals surface area contributed by atoms with E-state index in [-0.39, 0.29) is 5.91 Å². The van der Waals surface area contributed by atoms with Crippen molar-refractivity contribution in [2.24, 2.45) is 0 Å². The Bertz CT molecular complexity index is 626. The third-order valence-corrected chi connectivity index (χ3v) is 6.05. The number of carbonyl (C=O) groups is 1. The summed E-state index contributed by atoms with van der Waals surface area (Å²) >= 11 is 7.49. The third-order valence-electron chi connectivity index (χ3n) is 3.24. The molecule has 0 radical (unpaired) electrons. The number of carbonyl (C=O) groups excluding carboxylic acids is 1. The first-order valence-corrected chi connectivity index (χ1v) is 9.62. The van der Waals surface area contributed by atoms with E-state index < -0.39 is 16.0 Å². The quantitative estimate of drug-likeness (QED) is 0.827. The summed E-state index contributed by atoms with van der Waals surface area (Å²) in [5.41, 5.74) is 0.918. The van der Waals surface area contributed by atoms with Gasteiger partial charge in [0.15, 0.2) is 0 Å². The van der Waals surface area contributed by atoms with Gasteiger partial charge in [-0.15, -0.1) is 11.3 Å². The van der Waals surface area contributed by atoms with Gasteiger partial charge in [0.25, 0.3) is 0 Å². The van der Waals surface area contributed by atoms with Crippen LogP contribution < -0.4 is 5.32 Å². The molecule has 3 nitrogen and oxygen atoms in total. The molecule has 2 aromatic rings. The first kappa shape index (κ1) is 17.2. The summed E-state index contributed by atoms with van der Waals surface area (Å²) in [6.45, 7) is 2.27. The Balaban J connectivity index is 1.79. The average Bonchev–Trinajstić information content (AvgIpc) is 3.02. The molecule has 0 aliphatic heterocycles. The van der Waals surface area contributed by atoms with Crippen LogP contribution in [0.3, 0.4) is 0 Å². The highest BCUT2D eigenvalue weighted by Crippen LogP contribution is 2.13. The molecule has 0 aliphatic carbocycles. The summed E-state index contributed by atoms with van der Waals surface area (Å²) in [4.78, 5) is 13.3. The predicted octanol–water partition coefficient (Wildman–Crippen LogP) is 3.40. The molecular formula is C16H18ClNO2S2. The maximum Gasteiger partial charge on any atom is 0.235 e. The number of thiophene rings is 1. The van der Waals surface area contributed by atoms with Crippen molar-refractivity contribution in [2.45, 2.75) is 24.3 Å². The van der Waals surface area contributed by atoms with Gasteiger partial charge in [0.2, 0.25) is 5.91 Å². The summed E-state index contributed by atoms with van der Waals surface area (Å²) in [5.74, 6) is 0.195. The number of hydrogen-bond acceptors (Lipinski definition) is 3. The lowest BCUT2D eigenvalue weighted by atomic mass is 10.2. The van der Waals surface area contributed by atoms with E-state index in [9.17, 15) is 9.00 Å². The van der Waals surface area contributed by atoms with Gasteiger partial charge in [-0.05, 0) is 42.5 Å². The summed E-state index contributed by atoms with van der Waals surface area (Å²) < 4.78 is 12.2. The van der Waals surface area contributed by atoms with Crippen LogP contribution in [0.25, 0.3) is 0 Å². The minimum Gasteiger partial charge on any atom is -0.355 e. The maximum absolute atomic E-state index is 12.2. The summed E-state index contributed by atoms with van der Waals surface area (Å²) in [6.07, 6.45) is 0.806. The fraction of sp³-hybridized carbons (Fsp3) is 0.312. The Morgan fingerprint density at radius 1 is 1.32 bits per heavy atom. The minimum absolute atomic E-state index is 0.163. The first-order chi connectivity index (χ1) is 10.6. The van der Waals surface area contributed by atoms with Crippen molar-refractivity contribution in [2.75, 3.05) is 6.54 Å². The van der Waals surface area contributed by atoms with Gasteiger partial charge < -0.3 is 5.32 Å². The Morgan fingerprint density at radius 2 is 2.05 bits per heavy atom. The first-order valence-electron chi connectivity index (χ1n) is 6.98. The number of hydrogen-bond donors (Lipinski definition) is 1. The molecule has 1 amide bonds. The molecule has 0 fully saturated rings. The monoisotopic (exact) mass is 355 g/mol. The van der Waals surface area contributed by atoms with E-state index >= 15 is 0 Å².